The molecule has 0 aliphatic heterocycles. The van der Waals surface area contributed by atoms with E-state index in [0.717, 1.165) is 10.9 Å². The van der Waals surface area contributed by atoms with Gasteiger partial charge >= 0.3 is 5.97 Å². The summed E-state index contributed by atoms with van der Waals surface area (Å²) < 4.78 is 5.07. The van der Waals surface area contributed by atoms with Gasteiger partial charge in [0.2, 0.25) is 0 Å². The predicted molar refractivity (Wildman–Crippen MR) is 63.7 cm³/mol. The molecule has 0 fully saturated rings. The number of carbonyl (C=O) groups excluding carboxylic acids is 1. The fraction of sp³-hybridized carbons (Fsp3) is 0.231. The van der Waals surface area contributed by atoms with Gasteiger partial charge in [-0.2, -0.15) is 0 Å². The van der Waals surface area contributed by atoms with E-state index in [1.165, 1.54) is 13.8 Å². The molecule has 17 heavy (non-hydrogen) atoms. The molecule has 1 aromatic heterocycles. The van der Waals surface area contributed by atoms with Crippen LogP contribution in [0.5, 0.6) is 5.75 Å². The maximum atomic E-state index is 11.5. The second-order valence-corrected chi connectivity index (χ2v) is 4.31. The van der Waals surface area contributed by atoms with Gasteiger partial charge in [0.1, 0.15) is 5.75 Å². The van der Waals surface area contributed by atoms with Crippen molar-refractivity contribution in [3.8, 4) is 5.75 Å². The van der Waals surface area contributed by atoms with Gasteiger partial charge < -0.3 is 9.84 Å². The summed E-state index contributed by atoms with van der Waals surface area (Å²) in [4.78, 5) is 15.6. The number of aromatic nitrogens is 1. The number of ether oxygens (including phenoxy) is 1. The van der Waals surface area contributed by atoms with Crippen LogP contribution in [0.4, 0.5) is 0 Å². The zero-order valence-electron chi connectivity index (χ0n) is 9.68. The highest BCUT2D eigenvalue weighted by molar-refractivity contribution is 5.83. The maximum Gasteiger partial charge on any atom is 0.342 e. The van der Waals surface area contributed by atoms with Crippen LogP contribution < -0.4 is 4.74 Å². The monoisotopic (exact) mass is 231 g/mol. The minimum Gasteiger partial charge on any atom is -0.424 e. The van der Waals surface area contributed by atoms with Crippen LogP contribution in [0.25, 0.3) is 10.9 Å². The Kier molecular flexibility index (Phi) is 2.81. The van der Waals surface area contributed by atoms with Gasteiger partial charge in [-0.05, 0) is 38.1 Å². The van der Waals surface area contributed by atoms with Crippen LogP contribution in [0.1, 0.15) is 13.8 Å². The Morgan fingerprint density at radius 1 is 1.35 bits per heavy atom. The molecule has 2 rings (SSSR count). The molecule has 0 aliphatic rings. The summed E-state index contributed by atoms with van der Waals surface area (Å²) in [6.07, 6.45) is 1.70. The van der Waals surface area contributed by atoms with Crippen LogP contribution in [0.3, 0.4) is 0 Å². The summed E-state index contributed by atoms with van der Waals surface area (Å²) >= 11 is 0. The Labute approximate surface area is 98.9 Å². The first-order valence-electron chi connectivity index (χ1n) is 5.26. The van der Waals surface area contributed by atoms with E-state index < -0.39 is 11.6 Å². The van der Waals surface area contributed by atoms with Crippen molar-refractivity contribution in [1.29, 1.82) is 0 Å². The Morgan fingerprint density at radius 2 is 2.12 bits per heavy atom. The molecule has 0 atom stereocenters. The Bertz CT molecular complexity index is 558. The van der Waals surface area contributed by atoms with Crippen molar-refractivity contribution in [2.75, 3.05) is 0 Å². The molecule has 0 bridgehead atoms. The van der Waals surface area contributed by atoms with E-state index in [1.54, 1.807) is 24.4 Å². The van der Waals surface area contributed by atoms with E-state index in [1.807, 2.05) is 12.1 Å². The first-order chi connectivity index (χ1) is 7.97. The summed E-state index contributed by atoms with van der Waals surface area (Å²) in [5.41, 5.74) is -0.667. The van der Waals surface area contributed by atoms with Gasteiger partial charge in [-0.3, -0.25) is 4.98 Å². The smallest absolute Gasteiger partial charge is 0.342 e. The normalized spacial score (nSPS) is 11.5. The largest absolute Gasteiger partial charge is 0.424 e. The summed E-state index contributed by atoms with van der Waals surface area (Å²) in [7, 11) is 0. The van der Waals surface area contributed by atoms with E-state index >= 15 is 0 Å². The fourth-order valence-electron chi connectivity index (χ4n) is 1.35. The first kappa shape index (κ1) is 11.5. The van der Waals surface area contributed by atoms with Gasteiger partial charge in [0.15, 0.2) is 5.60 Å². The van der Waals surface area contributed by atoms with Gasteiger partial charge in [-0.15, -0.1) is 0 Å². The second-order valence-electron chi connectivity index (χ2n) is 4.31. The molecule has 4 nitrogen and oxygen atoms in total. The van der Waals surface area contributed by atoms with Crippen molar-refractivity contribution >= 4 is 16.9 Å². The van der Waals surface area contributed by atoms with E-state index in [4.69, 9.17) is 4.74 Å². The number of rotatable bonds is 2. The zero-order valence-corrected chi connectivity index (χ0v) is 9.68. The lowest BCUT2D eigenvalue weighted by Crippen LogP contribution is -2.35. The third-order valence-corrected chi connectivity index (χ3v) is 2.28. The van der Waals surface area contributed by atoms with Crippen LogP contribution >= 0.6 is 0 Å². The number of hydrogen-bond acceptors (Lipinski definition) is 4. The minimum atomic E-state index is -1.50. The molecular weight excluding hydrogens is 218 g/mol. The van der Waals surface area contributed by atoms with Crippen molar-refractivity contribution in [2.45, 2.75) is 19.4 Å². The summed E-state index contributed by atoms with van der Waals surface area (Å²) in [6, 6.07) is 8.82. The van der Waals surface area contributed by atoms with Crippen LogP contribution in [-0.2, 0) is 4.79 Å². The second kappa shape index (κ2) is 4.14. The number of fused-ring (bicyclic) bond motifs is 1. The van der Waals surface area contributed by atoms with E-state index in [0.29, 0.717) is 5.75 Å². The molecule has 0 unspecified atom stereocenters. The topological polar surface area (TPSA) is 59.4 Å². The summed E-state index contributed by atoms with van der Waals surface area (Å²) in [6.45, 7) is 2.77. The number of carbonyl (C=O) groups is 1. The summed E-state index contributed by atoms with van der Waals surface area (Å²) in [5.74, 6) is -0.279. The van der Waals surface area contributed by atoms with Crippen LogP contribution in [0.2, 0.25) is 0 Å². The Balaban J connectivity index is 2.29. The minimum absolute atomic E-state index is 0.401. The molecule has 0 saturated carbocycles. The van der Waals surface area contributed by atoms with Crippen molar-refractivity contribution in [3.63, 3.8) is 0 Å². The molecule has 2 aromatic rings. The zero-order chi connectivity index (χ0) is 12.5. The van der Waals surface area contributed by atoms with Gasteiger partial charge in [0, 0.05) is 11.6 Å². The Morgan fingerprint density at radius 3 is 2.82 bits per heavy atom. The van der Waals surface area contributed by atoms with E-state index in [9.17, 15) is 9.90 Å². The van der Waals surface area contributed by atoms with Crippen LogP contribution in [-0.4, -0.2) is 21.7 Å². The number of nitrogens with zero attached hydrogens (tertiary/aromatic N) is 1. The lowest BCUT2D eigenvalue weighted by molar-refractivity contribution is -0.151. The van der Waals surface area contributed by atoms with Crippen molar-refractivity contribution in [2.24, 2.45) is 0 Å². The highest BCUT2D eigenvalue weighted by Crippen LogP contribution is 2.20. The maximum absolute atomic E-state index is 11.5. The molecule has 0 amide bonds. The van der Waals surface area contributed by atoms with Crippen molar-refractivity contribution in [3.05, 3.63) is 36.5 Å². The molecule has 1 heterocycles. The van der Waals surface area contributed by atoms with Gasteiger partial charge in [-0.25, -0.2) is 4.79 Å². The number of hydrogen-bond donors (Lipinski definition) is 1. The van der Waals surface area contributed by atoms with Gasteiger partial charge in [0.25, 0.3) is 0 Å². The van der Waals surface area contributed by atoms with Crippen molar-refractivity contribution < 1.29 is 14.6 Å². The molecule has 1 N–H and O–H groups in total. The quantitative estimate of drug-likeness (QED) is 0.633. The van der Waals surface area contributed by atoms with Gasteiger partial charge in [-0.1, -0.05) is 6.07 Å². The molecule has 1 aromatic carbocycles. The van der Waals surface area contributed by atoms with Crippen LogP contribution in [0, 0.1) is 0 Å². The third kappa shape index (κ3) is 2.60. The van der Waals surface area contributed by atoms with Crippen molar-refractivity contribution in [1.82, 2.24) is 4.98 Å². The molecule has 0 saturated heterocycles. The fourth-order valence-corrected chi connectivity index (χ4v) is 1.35. The third-order valence-electron chi connectivity index (χ3n) is 2.28. The number of pyridine rings is 1. The Hall–Kier alpha value is -1.94. The molecule has 0 aliphatic carbocycles. The lowest BCUT2D eigenvalue weighted by atomic mass is 10.1. The molecule has 88 valence electrons. The average molecular weight is 231 g/mol. The number of benzene rings is 1. The van der Waals surface area contributed by atoms with Crippen LogP contribution in [0.15, 0.2) is 36.5 Å². The number of esters is 1. The predicted octanol–water partition coefficient (Wildman–Crippen LogP) is 1.91. The highest BCUT2D eigenvalue weighted by Gasteiger charge is 2.26. The van der Waals surface area contributed by atoms with E-state index in [2.05, 4.69) is 4.98 Å². The summed E-state index contributed by atoms with van der Waals surface area (Å²) in [5, 5.41) is 10.4. The highest BCUT2D eigenvalue weighted by atomic mass is 16.6. The first-order valence-corrected chi connectivity index (χ1v) is 5.26. The standard InChI is InChI=1S/C13H13NO3/c1-13(2,16)12(15)17-10-5-6-11-9(8-10)4-3-7-14-11/h3-8,16H,1-2H3. The van der Waals surface area contributed by atoms with Gasteiger partial charge in [0.05, 0.1) is 5.52 Å². The average Bonchev–Trinajstić information content (AvgIpc) is 2.27. The lowest BCUT2D eigenvalue weighted by Gasteiger charge is -2.15. The molecular formula is C13H13NO3. The molecule has 0 spiro atoms. The SMILES string of the molecule is CC(C)(O)C(=O)Oc1ccc2ncccc2c1. The molecule has 4 heteroatoms. The molecule has 0 radical (unpaired) electrons. The number of aliphatic hydroxyl groups is 1. The van der Waals surface area contributed by atoms with E-state index in [-0.39, 0.29) is 0 Å².